The molecule has 0 unspecified atom stereocenters. The zero-order chi connectivity index (χ0) is 13.0. The minimum absolute atomic E-state index is 0.400. The quantitative estimate of drug-likeness (QED) is 0.936. The predicted molar refractivity (Wildman–Crippen MR) is 79.8 cm³/mol. The first-order valence-corrected chi connectivity index (χ1v) is 7.96. The topological polar surface area (TPSA) is 23.5 Å². The molecule has 2 heterocycles. The fraction of sp³-hybridized carbons (Fsp3) is 0.467. The molecule has 0 spiro atoms. The van der Waals surface area contributed by atoms with E-state index in [-0.39, 0.29) is 0 Å². The van der Waals surface area contributed by atoms with Gasteiger partial charge in [0.25, 0.3) is 0 Å². The van der Waals surface area contributed by atoms with Crippen LogP contribution in [0.3, 0.4) is 0 Å². The number of β-amino-alcohol motifs (C(OH)–C–C–N with tert-alkyl or cyclic N) is 1. The van der Waals surface area contributed by atoms with Crippen LogP contribution in [0.15, 0.2) is 24.3 Å². The summed E-state index contributed by atoms with van der Waals surface area (Å²) in [5.74, 6) is 0.557. The van der Waals surface area contributed by atoms with Crippen LogP contribution in [0.4, 0.5) is 0 Å². The number of nitrogens with zero attached hydrogens (tertiary/aromatic N) is 1. The third kappa shape index (κ3) is 2.00. The van der Waals surface area contributed by atoms with Crippen LogP contribution in [0.1, 0.15) is 17.7 Å². The Labute approximate surface area is 121 Å². The summed E-state index contributed by atoms with van der Waals surface area (Å²) in [7, 11) is 0. The Morgan fingerprint density at radius 1 is 1.32 bits per heavy atom. The molecule has 1 aliphatic heterocycles. The fourth-order valence-corrected chi connectivity index (χ4v) is 4.62. The van der Waals surface area contributed by atoms with Gasteiger partial charge in [-0.25, -0.2) is 0 Å². The van der Waals surface area contributed by atoms with Crippen molar-refractivity contribution in [3.63, 3.8) is 0 Å². The van der Waals surface area contributed by atoms with Crippen LogP contribution in [-0.2, 0) is 6.54 Å². The van der Waals surface area contributed by atoms with E-state index in [1.165, 1.54) is 22.4 Å². The van der Waals surface area contributed by atoms with Gasteiger partial charge in [-0.3, -0.25) is 4.90 Å². The molecule has 4 rings (SSSR count). The third-order valence-electron chi connectivity index (χ3n) is 4.30. The highest BCUT2D eigenvalue weighted by Gasteiger charge is 2.51. The molecule has 0 bridgehead atoms. The van der Waals surface area contributed by atoms with Crippen molar-refractivity contribution >= 4 is 33.0 Å². The minimum atomic E-state index is -0.400. The minimum Gasteiger partial charge on any atom is -0.387 e. The van der Waals surface area contributed by atoms with E-state index in [9.17, 15) is 5.11 Å². The lowest BCUT2D eigenvalue weighted by atomic mass is 9.89. The summed E-state index contributed by atoms with van der Waals surface area (Å²) >= 11 is 8.22. The zero-order valence-corrected chi connectivity index (χ0v) is 12.2. The molecular formula is C15H16ClNOS. The van der Waals surface area contributed by atoms with Gasteiger partial charge in [-0.15, -0.1) is 11.3 Å². The monoisotopic (exact) mass is 293 g/mol. The molecule has 0 radical (unpaired) electrons. The maximum Gasteiger partial charge on any atom is 0.0928 e. The van der Waals surface area contributed by atoms with Crippen molar-refractivity contribution in [2.45, 2.75) is 25.0 Å². The van der Waals surface area contributed by atoms with Crippen LogP contribution >= 0.6 is 22.9 Å². The molecule has 2 fully saturated rings. The maximum atomic E-state index is 10.3. The summed E-state index contributed by atoms with van der Waals surface area (Å²) in [5.41, 5.74) is -0.400. The number of fused-ring (bicyclic) bond motifs is 1. The SMILES string of the molecule is OC1(C2CC2)CN(Cc2sc3ccccc3c2Cl)C1. The van der Waals surface area contributed by atoms with Gasteiger partial charge in [-0.05, 0) is 24.8 Å². The first-order chi connectivity index (χ1) is 9.16. The van der Waals surface area contributed by atoms with E-state index in [1.54, 1.807) is 11.3 Å². The molecular weight excluding hydrogens is 278 g/mol. The van der Waals surface area contributed by atoms with Crippen molar-refractivity contribution in [3.05, 3.63) is 34.2 Å². The Kier molecular flexibility index (Phi) is 2.68. The molecule has 0 amide bonds. The van der Waals surface area contributed by atoms with Gasteiger partial charge in [0.1, 0.15) is 0 Å². The van der Waals surface area contributed by atoms with E-state index in [1.807, 2.05) is 6.07 Å². The van der Waals surface area contributed by atoms with Gasteiger partial charge in [0.05, 0.1) is 10.6 Å². The second-order valence-corrected chi connectivity index (χ2v) is 7.37. The molecule has 4 heteroatoms. The summed E-state index contributed by atoms with van der Waals surface area (Å²) in [5, 5.41) is 12.4. The van der Waals surface area contributed by atoms with Crippen molar-refractivity contribution in [1.29, 1.82) is 0 Å². The standard InChI is InChI=1S/C15H16ClNOS/c16-14-11-3-1-2-4-12(11)19-13(14)7-17-8-15(18,9-17)10-5-6-10/h1-4,10,18H,5-9H2. The highest BCUT2D eigenvalue weighted by atomic mass is 35.5. The van der Waals surface area contributed by atoms with E-state index in [2.05, 4.69) is 23.1 Å². The van der Waals surface area contributed by atoms with Gasteiger partial charge in [0, 0.05) is 34.6 Å². The number of thiophene rings is 1. The third-order valence-corrected chi connectivity index (χ3v) is 6.00. The van der Waals surface area contributed by atoms with E-state index >= 15 is 0 Å². The number of rotatable bonds is 3. The van der Waals surface area contributed by atoms with Crippen molar-refractivity contribution < 1.29 is 5.11 Å². The van der Waals surface area contributed by atoms with Crippen LogP contribution in [0.2, 0.25) is 5.02 Å². The van der Waals surface area contributed by atoms with Crippen molar-refractivity contribution in [2.75, 3.05) is 13.1 Å². The number of hydrogen-bond acceptors (Lipinski definition) is 3. The normalized spacial score (nSPS) is 22.6. The Morgan fingerprint density at radius 2 is 2.05 bits per heavy atom. The molecule has 1 aromatic heterocycles. The van der Waals surface area contributed by atoms with Gasteiger partial charge in [-0.2, -0.15) is 0 Å². The Bertz CT molecular complexity index is 628. The average Bonchev–Trinajstić information content (AvgIpc) is 3.16. The number of hydrogen-bond donors (Lipinski definition) is 1. The number of likely N-dealkylation sites (tertiary alicyclic amines) is 1. The molecule has 1 aliphatic carbocycles. The first-order valence-electron chi connectivity index (χ1n) is 6.76. The van der Waals surface area contributed by atoms with Crippen LogP contribution in [0.5, 0.6) is 0 Å². The van der Waals surface area contributed by atoms with Gasteiger partial charge < -0.3 is 5.11 Å². The summed E-state index contributed by atoms with van der Waals surface area (Å²) in [6.07, 6.45) is 2.40. The van der Waals surface area contributed by atoms with Crippen molar-refractivity contribution in [1.82, 2.24) is 4.90 Å². The predicted octanol–water partition coefficient (Wildman–Crippen LogP) is 3.51. The molecule has 1 saturated carbocycles. The van der Waals surface area contributed by atoms with Gasteiger partial charge in [-0.1, -0.05) is 29.8 Å². The van der Waals surface area contributed by atoms with E-state index in [4.69, 9.17) is 11.6 Å². The molecule has 100 valence electrons. The van der Waals surface area contributed by atoms with E-state index < -0.39 is 5.60 Å². The molecule has 2 aliphatic rings. The lowest BCUT2D eigenvalue weighted by Crippen LogP contribution is -2.62. The largest absolute Gasteiger partial charge is 0.387 e. The maximum absolute atomic E-state index is 10.3. The Morgan fingerprint density at radius 3 is 2.74 bits per heavy atom. The van der Waals surface area contributed by atoms with Crippen LogP contribution in [-0.4, -0.2) is 28.7 Å². The lowest BCUT2D eigenvalue weighted by Gasteiger charge is -2.47. The van der Waals surface area contributed by atoms with Crippen molar-refractivity contribution in [3.8, 4) is 0 Å². The molecule has 1 N–H and O–H groups in total. The fourth-order valence-electron chi connectivity index (χ4n) is 3.09. The highest BCUT2D eigenvalue weighted by Crippen LogP contribution is 2.45. The highest BCUT2D eigenvalue weighted by molar-refractivity contribution is 7.19. The van der Waals surface area contributed by atoms with Gasteiger partial charge in [0.15, 0.2) is 0 Å². The summed E-state index contributed by atoms with van der Waals surface area (Å²) in [6.45, 7) is 2.48. The number of halogens is 1. The smallest absolute Gasteiger partial charge is 0.0928 e. The Hall–Kier alpha value is -0.610. The lowest BCUT2D eigenvalue weighted by molar-refractivity contribution is -0.116. The molecule has 1 saturated heterocycles. The molecule has 2 nitrogen and oxygen atoms in total. The van der Waals surface area contributed by atoms with Crippen LogP contribution in [0, 0.1) is 5.92 Å². The second-order valence-electron chi connectivity index (χ2n) is 5.86. The summed E-state index contributed by atoms with van der Waals surface area (Å²) < 4.78 is 1.25. The van der Waals surface area contributed by atoms with E-state index in [0.717, 1.165) is 30.0 Å². The summed E-state index contributed by atoms with van der Waals surface area (Å²) in [4.78, 5) is 3.52. The Balaban J connectivity index is 1.52. The molecule has 0 atom stereocenters. The van der Waals surface area contributed by atoms with Gasteiger partial charge >= 0.3 is 0 Å². The first kappa shape index (κ1) is 12.2. The molecule has 2 aromatic rings. The van der Waals surface area contributed by atoms with Gasteiger partial charge in [0.2, 0.25) is 0 Å². The van der Waals surface area contributed by atoms with Crippen molar-refractivity contribution in [2.24, 2.45) is 5.92 Å². The zero-order valence-electron chi connectivity index (χ0n) is 10.6. The number of benzene rings is 1. The molecule has 19 heavy (non-hydrogen) atoms. The second kappa shape index (κ2) is 4.19. The van der Waals surface area contributed by atoms with Crippen LogP contribution < -0.4 is 0 Å². The summed E-state index contributed by atoms with van der Waals surface area (Å²) in [6, 6.07) is 8.27. The van der Waals surface area contributed by atoms with Crippen LogP contribution in [0.25, 0.3) is 10.1 Å². The molecule has 1 aromatic carbocycles. The number of aliphatic hydroxyl groups is 1. The van der Waals surface area contributed by atoms with E-state index in [0.29, 0.717) is 5.92 Å². The average molecular weight is 294 g/mol.